The zero-order chi connectivity index (χ0) is 23.2. The molecule has 0 bridgehead atoms. The van der Waals surface area contributed by atoms with Gasteiger partial charge in [0.25, 0.3) is 0 Å². The van der Waals surface area contributed by atoms with Crippen LogP contribution in [0.25, 0.3) is 17.0 Å². The fourth-order valence-corrected chi connectivity index (χ4v) is 4.63. The molecule has 168 valence electrons. The molecule has 1 aliphatic rings. The highest BCUT2D eigenvalue weighted by molar-refractivity contribution is 5.86. The highest BCUT2D eigenvalue weighted by Gasteiger charge is 2.40. The van der Waals surface area contributed by atoms with Crippen molar-refractivity contribution in [2.24, 2.45) is 0 Å². The van der Waals surface area contributed by atoms with E-state index in [1.165, 1.54) is 13.8 Å². The van der Waals surface area contributed by atoms with Crippen LogP contribution in [0.15, 0.2) is 42.5 Å². The Labute approximate surface area is 184 Å². The summed E-state index contributed by atoms with van der Waals surface area (Å²) in [6.07, 6.45) is 2.58. The summed E-state index contributed by atoms with van der Waals surface area (Å²) in [4.78, 5) is 15.9. The van der Waals surface area contributed by atoms with Gasteiger partial charge in [-0.2, -0.15) is 0 Å². The fourth-order valence-electron chi connectivity index (χ4n) is 4.63. The lowest BCUT2D eigenvalue weighted by molar-refractivity contribution is -0.131. The molecule has 2 aromatic carbocycles. The molecule has 0 saturated heterocycles. The molecule has 3 aromatic rings. The van der Waals surface area contributed by atoms with Gasteiger partial charge in [0.1, 0.15) is 17.3 Å². The highest BCUT2D eigenvalue weighted by atomic mass is 19.1. The Bertz CT molecular complexity index is 1190. The van der Waals surface area contributed by atoms with Gasteiger partial charge in [-0.15, -0.1) is 0 Å². The Hall–Kier alpha value is -3.06. The molecule has 4 nitrogen and oxygen atoms in total. The number of alkyl halides is 1. The monoisotopic (exact) mass is 442 g/mol. The average molecular weight is 442 g/mol. The van der Waals surface area contributed by atoms with Gasteiger partial charge in [0.2, 0.25) is 0 Å². The lowest BCUT2D eigenvalue weighted by Gasteiger charge is -2.43. The quantitative estimate of drug-likeness (QED) is 0.504. The number of halogens is 3. The maximum Gasteiger partial charge on any atom is 0.328 e. The number of fused-ring (bicyclic) bond motifs is 3. The number of aliphatic carboxylic acids is 1. The predicted molar refractivity (Wildman–Crippen MR) is 118 cm³/mol. The molecule has 0 amide bonds. The van der Waals surface area contributed by atoms with Gasteiger partial charge in [0.15, 0.2) is 0 Å². The second kappa shape index (κ2) is 8.13. The molecule has 2 atom stereocenters. The summed E-state index contributed by atoms with van der Waals surface area (Å²) in [7, 11) is 0. The number of aromatic amines is 1. The van der Waals surface area contributed by atoms with Crippen molar-refractivity contribution in [3.05, 3.63) is 76.5 Å². The zero-order valence-electron chi connectivity index (χ0n) is 18.1. The van der Waals surface area contributed by atoms with Crippen LogP contribution in [0.2, 0.25) is 0 Å². The van der Waals surface area contributed by atoms with Gasteiger partial charge in [-0.1, -0.05) is 18.2 Å². The molecule has 7 heteroatoms. The average Bonchev–Trinajstić information content (AvgIpc) is 3.05. The molecule has 2 N–H and O–H groups in total. The summed E-state index contributed by atoms with van der Waals surface area (Å²) >= 11 is 0. The van der Waals surface area contributed by atoms with Crippen molar-refractivity contribution in [1.82, 2.24) is 9.88 Å². The molecule has 32 heavy (non-hydrogen) atoms. The van der Waals surface area contributed by atoms with E-state index in [0.717, 1.165) is 40.8 Å². The van der Waals surface area contributed by atoms with Crippen LogP contribution in [0.4, 0.5) is 13.2 Å². The standard InChI is InChI=1S/C25H25F3N2O2/c1-14-10-17-16-6-4-5-7-20(16)29-23(17)24(30(14)13-25(2,3)28)22-18(26)11-15(12-19(22)27)8-9-21(31)32/h4-9,11-12,14,24,29H,10,13H2,1-3H3,(H,31,32)/t14-,24-/m1/s1. The number of nitrogens with one attached hydrogen (secondary N) is 1. The van der Waals surface area contributed by atoms with Crippen LogP contribution >= 0.6 is 0 Å². The molecule has 0 fully saturated rings. The van der Waals surface area contributed by atoms with Gasteiger partial charge in [-0.05, 0) is 62.6 Å². The second-order valence-electron chi connectivity index (χ2n) is 8.98. The SMILES string of the molecule is C[C@@H]1Cc2c([nH]c3ccccc23)[C@@H](c2c(F)cc(C=CC(=O)O)cc2F)N1CC(C)(C)F. The van der Waals surface area contributed by atoms with E-state index in [1.54, 1.807) is 4.90 Å². The summed E-state index contributed by atoms with van der Waals surface area (Å²) in [6, 6.07) is 8.88. The number of benzene rings is 2. The van der Waals surface area contributed by atoms with E-state index in [9.17, 15) is 9.18 Å². The molecule has 1 aliphatic heterocycles. The maximum atomic E-state index is 15.3. The van der Waals surface area contributed by atoms with Gasteiger partial charge in [0.05, 0.1) is 6.04 Å². The summed E-state index contributed by atoms with van der Waals surface area (Å²) < 4.78 is 45.4. The Kier molecular flexibility index (Phi) is 5.63. The minimum Gasteiger partial charge on any atom is -0.478 e. The third-order valence-corrected chi connectivity index (χ3v) is 5.87. The number of hydrogen-bond donors (Lipinski definition) is 2. The van der Waals surface area contributed by atoms with Gasteiger partial charge in [0, 0.05) is 40.8 Å². The van der Waals surface area contributed by atoms with Gasteiger partial charge >= 0.3 is 5.97 Å². The molecular weight excluding hydrogens is 417 g/mol. The maximum absolute atomic E-state index is 15.3. The molecule has 0 radical (unpaired) electrons. The van der Waals surface area contributed by atoms with E-state index in [4.69, 9.17) is 5.11 Å². The number of rotatable bonds is 5. The van der Waals surface area contributed by atoms with E-state index < -0.39 is 29.3 Å². The van der Waals surface area contributed by atoms with Crippen molar-refractivity contribution in [3.63, 3.8) is 0 Å². The van der Waals surface area contributed by atoms with Crippen LogP contribution < -0.4 is 0 Å². The van der Waals surface area contributed by atoms with E-state index in [-0.39, 0.29) is 23.7 Å². The van der Waals surface area contributed by atoms with Gasteiger partial charge in [-0.25, -0.2) is 18.0 Å². The second-order valence-corrected chi connectivity index (χ2v) is 8.98. The molecule has 4 rings (SSSR count). The number of aromatic nitrogens is 1. The largest absolute Gasteiger partial charge is 0.478 e. The van der Waals surface area contributed by atoms with Crippen LogP contribution in [-0.4, -0.2) is 39.2 Å². The van der Waals surface area contributed by atoms with Crippen LogP contribution in [0, 0.1) is 11.6 Å². The Morgan fingerprint density at radius 2 is 1.91 bits per heavy atom. The molecule has 1 aromatic heterocycles. The Morgan fingerprint density at radius 1 is 1.25 bits per heavy atom. The van der Waals surface area contributed by atoms with E-state index in [2.05, 4.69) is 4.98 Å². The van der Waals surface area contributed by atoms with Crippen molar-refractivity contribution in [1.29, 1.82) is 0 Å². The molecule has 2 heterocycles. The summed E-state index contributed by atoms with van der Waals surface area (Å²) in [5.74, 6) is -2.82. The third kappa shape index (κ3) is 4.17. The van der Waals surface area contributed by atoms with E-state index in [0.29, 0.717) is 12.1 Å². The number of para-hydroxylation sites is 1. The number of carboxylic acids is 1. The first-order chi connectivity index (χ1) is 15.0. The van der Waals surface area contributed by atoms with E-state index in [1.807, 2.05) is 31.2 Å². The molecule has 0 unspecified atom stereocenters. The number of carbonyl (C=O) groups is 1. The topological polar surface area (TPSA) is 56.3 Å². The molecule has 0 aliphatic carbocycles. The number of nitrogens with zero attached hydrogens (tertiary/aromatic N) is 1. The lowest BCUT2D eigenvalue weighted by Crippen LogP contribution is -2.48. The van der Waals surface area contributed by atoms with Gasteiger partial charge < -0.3 is 10.1 Å². The zero-order valence-corrected chi connectivity index (χ0v) is 18.1. The molecular formula is C25H25F3N2O2. The van der Waals surface area contributed by atoms with Crippen LogP contribution in [-0.2, 0) is 11.2 Å². The minimum absolute atomic E-state index is 0.00676. The summed E-state index contributed by atoms with van der Waals surface area (Å²) in [5.41, 5.74) is 0.829. The van der Waals surface area contributed by atoms with Crippen LogP contribution in [0.3, 0.4) is 0 Å². The predicted octanol–water partition coefficient (Wildman–Crippen LogP) is 5.63. The third-order valence-electron chi connectivity index (χ3n) is 5.87. The Morgan fingerprint density at radius 3 is 2.53 bits per heavy atom. The van der Waals surface area contributed by atoms with Gasteiger partial charge in [-0.3, -0.25) is 4.90 Å². The summed E-state index contributed by atoms with van der Waals surface area (Å²) in [6.45, 7) is 4.82. The Balaban J connectivity index is 1.92. The van der Waals surface area contributed by atoms with Crippen molar-refractivity contribution in [2.75, 3.05) is 6.54 Å². The number of H-pyrrole nitrogens is 1. The number of hydrogen-bond acceptors (Lipinski definition) is 2. The first-order valence-corrected chi connectivity index (χ1v) is 10.5. The van der Waals surface area contributed by atoms with Crippen LogP contribution in [0.5, 0.6) is 0 Å². The normalized spacial score (nSPS) is 19.6. The van der Waals surface area contributed by atoms with Crippen molar-refractivity contribution in [2.45, 2.75) is 44.9 Å². The first-order valence-electron chi connectivity index (χ1n) is 10.5. The first kappa shape index (κ1) is 22.1. The van der Waals surface area contributed by atoms with Crippen molar-refractivity contribution >= 4 is 22.9 Å². The van der Waals surface area contributed by atoms with Crippen molar-refractivity contribution in [3.8, 4) is 0 Å². The number of carboxylic acid groups (broad SMARTS) is 1. The van der Waals surface area contributed by atoms with Crippen LogP contribution in [0.1, 0.15) is 49.2 Å². The van der Waals surface area contributed by atoms with E-state index >= 15 is 8.78 Å². The fraction of sp³-hybridized carbons (Fsp3) is 0.320. The molecule has 0 saturated carbocycles. The van der Waals surface area contributed by atoms with Crippen molar-refractivity contribution < 1.29 is 23.1 Å². The highest BCUT2D eigenvalue weighted by Crippen LogP contribution is 2.43. The lowest BCUT2D eigenvalue weighted by atomic mass is 9.87. The summed E-state index contributed by atoms with van der Waals surface area (Å²) in [5, 5.41) is 9.79. The molecule has 0 spiro atoms. The smallest absolute Gasteiger partial charge is 0.328 e. The minimum atomic E-state index is -1.58.